The molecule has 2 amide bonds. The van der Waals surface area contributed by atoms with Crippen LogP contribution in [-0.4, -0.2) is 39.6 Å². The number of ether oxygens (including phenoxy) is 1. The second-order valence-electron chi connectivity index (χ2n) is 8.16. The first kappa shape index (κ1) is 21.7. The van der Waals surface area contributed by atoms with E-state index in [2.05, 4.69) is 10.4 Å². The minimum atomic E-state index is -0.441. The van der Waals surface area contributed by atoms with E-state index < -0.39 is 5.91 Å². The summed E-state index contributed by atoms with van der Waals surface area (Å²) in [5.74, 6) is 0.894. The van der Waals surface area contributed by atoms with E-state index in [0.717, 1.165) is 49.2 Å². The molecule has 0 atom stereocenters. The third-order valence-electron chi connectivity index (χ3n) is 5.63. The highest BCUT2D eigenvalue weighted by Gasteiger charge is 2.25. The highest BCUT2D eigenvalue weighted by atomic mass is 16.5. The third kappa shape index (κ3) is 4.69. The number of hydrogen-bond acceptors (Lipinski definition) is 5. The smallest absolute Gasteiger partial charge is 0.291 e. The number of nitrogens with one attached hydrogen (secondary N) is 1. The summed E-state index contributed by atoms with van der Waals surface area (Å²) < 4.78 is 13.0. The molecule has 8 heteroatoms. The minimum absolute atomic E-state index is 0.123. The number of anilines is 1. The first-order valence-corrected chi connectivity index (χ1v) is 10.8. The third-order valence-corrected chi connectivity index (χ3v) is 5.63. The fourth-order valence-corrected chi connectivity index (χ4v) is 3.80. The molecule has 0 radical (unpaired) electrons. The van der Waals surface area contributed by atoms with Crippen molar-refractivity contribution in [2.24, 2.45) is 7.05 Å². The molecule has 0 spiro atoms. The van der Waals surface area contributed by atoms with Crippen LogP contribution in [-0.2, 0) is 13.7 Å². The highest BCUT2D eigenvalue weighted by Crippen LogP contribution is 2.23. The van der Waals surface area contributed by atoms with E-state index in [4.69, 9.17) is 9.15 Å². The molecule has 3 heterocycles. The number of furan rings is 1. The van der Waals surface area contributed by atoms with Gasteiger partial charge in [0.15, 0.2) is 5.76 Å². The number of carbonyl (C=O) groups is 2. The van der Waals surface area contributed by atoms with Gasteiger partial charge in [0.25, 0.3) is 11.8 Å². The average molecular weight is 437 g/mol. The van der Waals surface area contributed by atoms with Gasteiger partial charge in [-0.2, -0.15) is 5.10 Å². The lowest BCUT2D eigenvalue weighted by Crippen LogP contribution is -2.37. The van der Waals surface area contributed by atoms with Crippen molar-refractivity contribution >= 4 is 17.5 Å². The Labute approximate surface area is 187 Å². The molecule has 1 aliphatic rings. The van der Waals surface area contributed by atoms with Gasteiger partial charge in [0.2, 0.25) is 0 Å². The van der Waals surface area contributed by atoms with Gasteiger partial charge in [-0.05, 0) is 62.4 Å². The van der Waals surface area contributed by atoms with Crippen LogP contribution >= 0.6 is 0 Å². The van der Waals surface area contributed by atoms with Crippen molar-refractivity contribution in [3.05, 3.63) is 64.9 Å². The Hall–Kier alpha value is -3.55. The Morgan fingerprint density at radius 2 is 1.91 bits per heavy atom. The Balaban J connectivity index is 1.42. The molecule has 0 saturated carbocycles. The van der Waals surface area contributed by atoms with Crippen LogP contribution in [0.5, 0.6) is 5.75 Å². The number of hydrogen-bond donors (Lipinski definition) is 1. The summed E-state index contributed by atoms with van der Waals surface area (Å²) in [5.41, 5.74) is 2.88. The molecule has 2 aromatic heterocycles. The van der Waals surface area contributed by atoms with E-state index in [1.807, 2.05) is 36.9 Å². The summed E-state index contributed by atoms with van der Waals surface area (Å²) >= 11 is 0. The van der Waals surface area contributed by atoms with E-state index >= 15 is 0 Å². The SMILES string of the molecule is Cc1ccc(C)c(OCc2ccc(C(=O)Nc3cnn(C)c3C(=O)N3CCCCC3)o2)c1. The van der Waals surface area contributed by atoms with Crippen molar-refractivity contribution in [3.63, 3.8) is 0 Å². The summed E-state index contributed by atoms with van der Waals surface area (Å²) in [6, 6.07) is 9.31. The number of aromatic nitrogens is 2. The number of nitrogens with zero attached hydrogens (tertiary/aromatic N) is 3. The zero-order valence-corrected chi connectivity index (χ0v) is 18.7. The van der Waals surface area contributed by atoms with E-state index in [9.17, 15) is 9.59 Å². The molecule has 168 valence electrons. The first-order chi connectivity index (χ1) is 15.4. The van der Waals surface area contributed by atoms with Gasteiger partial charge in [0, 0.05) is 20.1 Å². The van der Waals surface area contributed by atoms with Crippen molar-refractivity contribution in [1.29, 1.82) is 0 Å². The molecule has 1 aliphatic heterocycles. The number of carbonyl (C=O) groups excluding carboxylic acids is 2. The lowest BCUT2D eigenvalue weighted by atomic mass is 10.1. The quantitative estimate of drug-likeness (QED) is 0.629. The number of rotatable bonds is 6. The van der Waals surface area contributed by atoms with Crippen molar-refractivity contribution in [3.8, 4) is 5.75 Å². The maximum Gasteiger partial charge on any atom is 0.291 e. The van der Waals surface area contributed by atoms with Gasteiger partial charge < -0.3 is 19.4 Å². The lowest BCUT2D eigenvalue weighted by Gasteiger charge is -2.27. The monoisotopic (exact) mass is 436 g/mol. The maximum absolute atomic E-state index is 13.0. The van der Waals surface area contributed by atoms with Gasteiger partial charge in [-0.15, -0.1) is 0 Å². The Bertz CT molecular complexity index is 1120. The lowest BCUT2D eigenvalue weighted by molar-refractivity contribution is 0.0714. The molecule has 0 bridgehead atoms. The molecule has 1 N–H and O–H groups in total. The average Bonchev–Trinajstić information content (AvgIpc) is 3.41. The van der Waals surface area contributed by atoms with Gasteiger partial charge >= 0.3 is 0 Å². The summed E-state index contributed by atoms with van der Waals surface area (Å²) in [6.07, 6.45) is 4.60. The molecule has 4 rings (SSSR count). The standard InChI is InChI=1S/C24H28N4O4/c1-16-7-8-17(2)21(13-16)31-15-18-9-10-20(32-18)23(29)26-19-14-25-27(3)22(19)24(30)28-11-5-4-6-12-28/h7-10,13-14H,4-6,11-12,15H2,1-3H3,(H,26,29). The summed E-state index contributed by atoms with van der Waals surface area (Å²) in [5, 5.41) is 6.93. The molecular formula is C24H28N4O4. The zero-order valence-electron chi connectivity index (χ0n) is 18.7. The number of amides is 2. The van der Waals surface area contributed by atoms with Gasteiger partial charge in [-0.25, -0.2) is 0 Å². The molecule has 1 saturated heterocycles. The Morgan fingerprint density at radius 1 is 1.12 bits per heavy atom. The van der Waals surface area contributed by atoms with Crippen LogP contribution in [0, 0.1) is 13.8 Å². The van der Waals surface area contributed by atoms with Crippen LogP contribution < -0.4 is 10.1 Å². The summed E-state index contributed by atoms with van der Waals surface area (Å²) in [4.78, 5) is 27.5. The number of benzene rings is 1. The molecule has 3 aromatic rings. The van der Waals surface area contributed by atoms with E-state index in [1.54, 1.807) is 19.2 Å². The molecule has 8 nitrogen and oxygen atoms in total. The fourth-order valence-electron chi connectivity index (χ4n) is 3.80. The van der Waals surface area contributed by atoms with E-state index in [1.165, 1.54) is 10.9 Å². The van der Waals surface area contributed by atoms with Crippen molar-refractivity contribution in [1.82, 2.24) is 14.7 Å². The predicted molar refractivity (Wildman–Crippen MR) is 120 cm³/mol. The van der Waals surface area contributed by atoms with Crippen LogP contribution in [0.25, 0.3) is 0 Å². The van der Waals surface area contributed by atoms with Gasteiger partial charge in [0.05, 0.1) is 11.9 Å². The van der Waals surface area contributed by atoms with Crippen molar-refractivity contribution in [2.75, 3.05) is 18.4 Å². The predicted octanol–water partition coefficient (Wildman–Crippen LogP) is 4.09. The molecule has 1 aromatic carbocycles. The minimum Gasteiger partial charge on any atom is -0.485 e. The molecule has 1 fully saturated rings. The van der Waals surface area contributed by atoms with Gasteiger partial charge in [-0.1, -0.05) is 12.1 Å². The second-order valence-corrected chi connectivity index (χ2v) is 8.16. The van der Waals surface area contributed by atoms with Gasteiger partial charge in [-0.3, -0.25) is 14.3 Å². The van der Waals surface area contributed by atoms with Crippen LogP contribution in [0.2, 0.25) is 0 Å². The molecule has 0 aliphatic carbocycles. The topological polar surface area (TPSA) is 89.6 Å². The molecule has 0 unspecified atom stereocenters. The summed E-state index contributed by atoms with van der Waals surface area (Å²) in [6.45, 7) is 5.64. The zero-order chi connectivity index (χ0) is 22.7. The fraction of sp³-hybridized carbons (Fsp3) is 0.375. The van der Waals surface area contributed by atoms with Crippen LogP contribution in [0.15, 0.2) is 40.9 Å². The normalized spacial score (nSPS) is 13.8. The molecular weight excluding hydrogens is 408 g/mol. The van der Waals surface area contributed by atoms with Crippen molar-refractivity contribution < 1.29 is 18.7 Å². The largest absolute Gasteiger partial charge is 0.485 e. The first-order valence-electron chi connectivity index (χ1n) is 10.8. The highest BCUT2D eigenvalue weighted by molar-refractivity contribution is 6.07. The van der Waals surface area contributed by atoms with Crippen LogP contribution in [0.3, 0.4) is 0 Å². The summed E-state index contributed by atoms with van der Waals surface area (Å²) in [7, 11) is 1.70. The van der Waals surface area contributed by atoms with E-state index in [-0.39, 0.29) is 18.3 Å². The van der Waals surface area contributed by atoms with Crippen LogP contribution in [0.1, 0.15) is 57.2 Å². The van der Waals surface area contributed by atoms with Gasteiger partial charge in [0.1, 0.15) is 23.8 Å². The van der Waals surface area contributed by atoms with E-state index in [0.29, 0.717) is 17.1 Å². The molecule has 32 heavy (non-hydrogen) atoms. The Kier molecular flexibility index (Phi) is 6.30. The second kappa shape index (κ2) is 9.30. The van der Waals surface area contributed by atoms with Crippen LogP contribution in [0.4, 0.5) is 5.69 Å². The number of likely N-dealkylation sites (tertiary alicyclic amines) is 1. The number of aryl methyl sites for hydroxylation is 3. The Morgan fingerprint density at radius 3 is 2.69 bits per heavy atom. The number of piperidine rings is 1. The maximum atomic E-state index is 13.0. The van der Waals surface area contributed by atoms with Crippen molar-refractivity contribution in [2.45, 2.75) is 39.7 Å².